The number of benzene rings is 1. The van der Waals surface area contributed by atoms with Crippen molar-refractivity contribution in [1.29, 1.82) is 0 Å². The molecule has 3 rings (SSSR count). The molecule has 0 fully saturated rings. The van der Waals surface area contributed by atoms with E-state index in [1.54, 1.807) is 17.5 Å². The molecule has 0 atom stereocenters. The van der Waals surface area contributed by atoms with E-state index in [1.807, 2.05) is 48.7 Å². The number of amides is 1. The van der Waals surface area contributed by atoms with Crippen LogP contribution in [-0.2, 0) is 0 Å². The Morgan fingerprint density at radius 3 is 2.83 bits per heavy atom. The zero-order valence-electron chi connectivity index (χ0n) is 12.6. The molecule has 0 unspecified atom stereocenters. The lowest BCUT2D eigenvalue weighted by Crippen LogP contribution is -2.27. The molecular weight excluding hydrogens is 328 g/mol. The van der Waals surface area contributed by atoms with E-state index in [0.29, 0.717) is 18.0 Å². The maximum atomic E-state index is 12.1. The zero-order valence-corrected chi connectivity index (χ0v) is 14.2. The molecule has 2 aromatic heterocycles. The normalized spacial score (nSPS) is 10.5. The molecule has 0 aliphatic rings. The van der Waals surface area contributed by atoms with E-state index in [4.69, 9.17) is 4.74 Å². The van der Waals surface area contributed by atoms with Gasteiger partial charge in [-0.2, -0.15) is 0 Å². The quantitative estimate of drug-likeness (QED) is 0.688. The summed E-state index contributed by atoms with van der Waals surface area (Å²) in [4.78, 5) is 18.1. The van der Waals surface area contributed by atoms with E-state index in [0.717, 1.165) is 15.6 Å². The van der Waals surface area contributed by atoms with Crippen molar-refractivity contribution in [3.63, 3.8) is 0 Å². The van der Waals surface area contributed by atoms with Crippen LogP contribution in [0.25, 0.3) is 9.88 Å². The Hall–Kier alpha value is -2.18. The lowest BCUT2D eigenvalue weighted by Gasteiger charge is -2.07. The molecule has 0 aliphatic carbocycles. The third-order valence-corrected chi connectivity index (χ3v) is 5.17. The van der Waals surface area contributed by atoms with Crippen molar-refractivity contribution in [2.45, 2.75) is 6.92 Å². The van der Waals surface area contributed by atoms with Crippen molar-refractivity contribution >= 4 is 28.6 Å². The summed E-state index contributed by atoms with van der Waals surface area (Å²) >= 11 is 3.02. The zero-order chi connectivity index (χ0) is 16.1. The van der Waals surface area contributed by atoms with Crippen molar-refractivity contribution in [2.24, 2.45) is 0 Å². The Morgan fingerprint density at radius 2 is 2.09 bits per heavy atom. The predicted octanol–water partition coefficient (Wildman–Crippen LogP) is 3.99. The first-order chi connectivity index (χ1) is 11.2. The number of carbonyl (C=O) groups excluding carboxylic acids is 1. The van der Waals surface area contributed by atoms with Crippen LogP contribution in [0.15, 0.2) is 48.0 Å². The van der Waals surface area contributed by atoms with Gasteiger partial charge < -0.3 is 10.1 Å². The van der Waals surface area contributed by atoms with Crippen LogP contribution in [0.4, 0.5) is 0 Å². The third kappa shape index (κ3) is 4.18. The summed E-state index contributed by atoms with van der Waals surface area (Å²) < 4.78 is 5.59. The van der Waals surface area contributed by atoms with E-state index in [2.05, 4.69) is 10.3 Å². The molecule has 2 heterocycles. The largest absolute Gasteiger partial charge is 0.492 e. The molecule has 0 aliphatic heterocycles. The van der Waals surface area contributed by atoms with Crippen LogP contribution >= 0.6 is 22.7 Å². The number of carbonyl (C=O) groups is 1. The summed E-state index contributed by atoms with van der Waals surface area (Å²) in [6, 6.07) is 11.8. The number of nitrogens with zero attached hydrogens (tertiary/aromatic N) is 1. The molecule has 0 radical (unpaired) electrons. The van der Waals surface area contributed by atoms with Crippen molar-refractivity contribution in [2.75, 3.05) is 13.2 Å². The van der Waals surface area contributed by atoms with Gasteiger partial charge in [-0.25, -0.2) is 4.98 Å². The van der Waals surface area contributed by atoms with Gasteiger partial charge in [0.25, 0.3) is 5.91 Å². The monoisotopic (exact) mass is 344 g/mol. The van der Waals surface area contributed by atoms with Crippen molar-refractivity contribution in [1.82, 2.24) is 10.3 Å². The first-order valence-electron chi connectivity index (χ1n) is 7.20. The number of rotatable bonds is 6. The highest BCUT2D eigenvalue weighted by Gasteiger charge is 2.11. The maximum Gasteiger partial charge on any atom is 0.263 e. The molecule has 6 heteroatoms. The Balaban J connectivity index is 1.47. The highest BCUT2D eigenvalue weighted by molar-refractivity contribution is 7.21. The van der Waals surface area contributed by atoms with Gasteiger partial charge in [0.1, 0.15) is 22.2 Å². The first kappa shape index (κ1) is 15.7. The van der Waals surface area contributed by atoms with Crippen molar-refractivity contribution in [3.8, 4) is 15.6 Å². The topological polar surface area (TPSA) is 51.2 Å². The SMILES string of the molecule is Cc1ccc(OCCNC(=O)c2cnc(-c3cccs3)s2)cc1. The smallest absolute Gasteiger partial charge is 0.263 e. The number of aromatic nitrogens is 1. The highest BCUT2D eigenvalue weighted by Crippen LogP contribution is 2.28. The van der Waals surface area contributed by atoms with Gasteiger partial charge in [-0.15, -0.1) is 22.7 Å². The fourth-order valence-corrected chi connectivity index (χ4v) is 3.58. The molecule has 1 N–H and O–H groups in total. The number of hydrogen-bond donors (Lipinski definition) is 1. The molecule has 23 heavy (non-hydrogen) atoms. The maximum absolute atomic E-state index is 12.1. The molecule has 1 amide bonds. The molecule has 1 aromatic carbocycles. The van der Waals surface area contributed by atoms with E-state index < -0.39 is 0 Å². The summed E-state index contributed by atoms with van der Waals surface area (Å²) in [6.07, 6.45) is 1.62. The average molecular weight is 344 g/mol. The summed E-state index contributed by atoms with van der Waals surface area (Å²) in [5.74, 6) is 0.695. The average Bonchev–Trinajstić information content (AvgIpc) is 3.23. The predicted molar refractivity (Wildman–Crippen MR) is 94.4 cm³/mol. The lowest BCUT2D eigenvalue weighted by atomic mass is 10.2. The van der Waals surface area contributed by atoms with Crippen LogP contribution in [0, 0.1) is 6.92 Å². The summed E-state index contributed by atoms with van der Waals surface area (Å²) in [5.41, 5.74) is 1.19. The molecule has 4 nitrogen and oxygen atoms in total. The summed E-state index contributed by atoms with van der Waals surface area (Å²) in [7, 11) is 0. The Morgan fingerprint density at radius 1 is 1.26 bits per heavy atom. The van der Waals surface area contributed by atoms with Crippen LogP contribution in [0.5, 0.6) is 5.75 Å². The van der Waals surface area contributed by atoms with Gasteiger partial charge in [0.05, 0.1) is 17.6 Å². The Bertz CT molecular complexity index is 764. The van der Waals surface area contributed by atoms with E-state index >= 15 is 0 Å². The van der Waals surface area contributed by atoms with Crippen LogP contribution in [-0.4, -0.2) is 24.0 Å². The first-order valence-corrected chi connectivity index (χ1v) is 8.89. The molecule has 0 spiro atoms. The molecule has 0 saturated carbocycles. The summed E-state index contributed by atoms with van der Waals surface area (Å²) in [5, 5.41) is 5.72. The van der Waals surface area contributed by atoms with Crippen LogP contribution in [0.2, 0.25) is 0 Å². The number of thiazole rings is 1. The minimum Gasteiger partial charge on any atom is -0.492 e. The second-order valence-corrected chi connectivity index (χ2v) is 6.90. The number of thiophene rings is 1. The standard InChI is InChI=1S/C17H16N2O2S2/c1-12-4-6-13(7-5-12)21-9-8-18-16(20)15-11-19-17(23-15)14-3-2-10-22-14/h2-7,10-11H,8-9H2,1H3,(H,18,20). The van der Waals surface area contributed by atoms with Gasteiger partial charge in [0, 0.05) is 0 Å². The second kappa shape index (κ2) is 7.39. The van der Waals surface area contributed by atoms with Gasteiger partial charge in [-0.3, -0.25) is 4.79 Å². The number of aryl methyl sites for hydroxylation is 1. The summed E-state index contributed by atoms with van der Waals surface area (Å²) in [6.45, 7) is 2.92. The fraction of sp³-hybridized carbons (Fsp3) is 0.176. The van der Waals surface area contributed by atoms with Crippen molar-refractivity contribution < 1.29 is 9.53 Å². The third-order valence-electron chi connectivity index (χ3n) is 3.14. The van der Waals surface area contributed by atoms with Crippen LogP contribution < -0.4 is 10.1 Å². The highest BCUT2D eigenvalue weighted by atomic mass is 32.1. The molecule has 0 saturated heterocycles. The molecular formula is C17H16N2O2S2. The number of hydrogen-bond acceptors (Lipinski definition) is 5. The molecule has 3 aromatic rings. The van der Waals surface area contributed by atoms with E-state index in [9.17, 15) is 4.79 Å². The van der Waals surface area contributed by atoms with Gasteiger partial charge >= 0.3 is 0 Å². The van der Waals surface area contributed by atoms with Gasteiger partial charge in [-0.05, 0) is 30.5 Å². The van der Waals surface area contributed by atoms with E-state index in [1.165, 1.54) is 16.9 Å². The second-order valence-electron chi connectivity index (χ2n) is 4.92. The number of ether oxygens (including phenoxy) is 1. The van der Waals surface area contributed by atoms with Gasteiger partial charge in [0.2, 0.25) is 0 Å². The minimum atomic E-state index is -0.113. The number of nitrogens with one attached hydrogen (secondary N) is 1. The Kier molecular flexibility index (Phi) is 5.05. The molecule has 118 valence electrons. The molecule has 0 bridgehead atoms. The van der Waals surface area contributed by atoms with E-state index in [-0.39, 0.29) is 5.91 Å². The Labute approximate surface area is 142 Å². The van der Waals surface area contributed by atoms with Crippen LogP contribution in [0.1, 0.15) is 15.2 Å². The fourth-order valence-electron chi connectivity index (χ4n) is 1.95. The lowest BCUT2D eigenvalue weighted by molar-refractivity contribution is 0.0951. The minimum absolute atomic E-state index is 0.113. The van der Waals surface area contributed by atoms with Crippen molar-refractivity contribution in [3.05, 3.63) is 58.4 Å². The van der Waals surface area contributed by atoms with Gasteiger partial charge in [0.15, 0.2) is 0 Å². The van der Waals surface area contributed by atoms with Gasteiger partial charge in [-0.1, -0.05) is 23.8 Å². The van der Waals surface area contributed by atoms with Crippen LogP contribution in [0.3, 0.4) is 0 Å².